The molecule has 0 heterocycles. The van der Waals surface area contributed by atoms with Crippen LogP contribution in [0.2, 0.25) is 0 Å². The van der Waals surface area contributed by atoms with E-state index in [-0.39, 0.29) is 5.97 Å². The Kier molecular flexibility index (Phi) is 6.77. The summed E-state index contributed by atoms with van der Waals surface area (Å²) in [5.41, 5.74) is 2.27. The lowest BCUT2D eigenvalue weighted by molar-refractivity contribution is -0.143. The minimum atomic E-state index is -0.284. The van der Waals surface area contributed by atoms with E-state index in [0.717, 1.165) is 18.4 Å². The fourth-order valence-corrected chi connectivity index (χ4v) is 1.55. The van der Waals surface area contributed by atoms with Gasteiger partial charge in [0.05, 0.1) is 6.21 Å². The molecule has 18 heavy (non-hydrogen) atoms. The number of carbonyl (C=O) groups excluding carboxylic acids is 1. The van der Waals surface area contributed by atoms with Crippen LogP contribution in [0.1, 0.15) is 50.7 Å². The Balaban J connectivity index is 2.43. The van der Waals surface area contributed by atoms with E-state index < -0.39 is 0 Å². The minimum Gasteiger partial charge on any atom is -0.318 e. The van der Waals surface area contributed by atoms with Crippen LogP contribution in [0.15, 0.2) is 29.4 Å². The fraction of sp³-hybridized carbons (Fsp3) is 0.467. The van der Waals surface area contributed by atoms with Gasteiger partial charge >= 0.3 is 5.97 Å². The van der Waals surface area contributed by atoms with Gasteiger partial charge in [-0.15, -0.1) is 0 Å². The molecule has 98 valence electrons. The normalized spacial score (nSPS) is 10.8. The third kappa shape index (κ3) is 5.62. The van der Waals surface area contributed by atoms with Gasteiger partial charge in [-0.25, -0.2) is 4.79 Å². The molecule has 1 aromatic rings. The maximum Gasteiger partial charge on any atom is 0.335 e. The number of hydrogen-bond donors (Lipinski definition) is 0. The molecule has 0 fully saturated rings. The second-order valence-electron chi connectivity index (χ2n) is 4.29. The van der Waals surface area contributed by atoms with Crippen LogP contribution in [0, 0.1) is 0 Å². The van der Waals surface area contributed by atoms with Gasteiger partial charge in [0.2, 0.25) is 0 Å². The predicted octanol–water partition coefficient (Wildman–Crippen LogP) is 3.71. The van der Waals surface area contributed by atoms with Crippen molar-refractivity contribution in [2.45, 2.75) is 46.0 Å². The lowest BCUT2D eigenvalue weighted by atomic mass is 10.1. The minimum absolute atomic E-state index is 0.284. The Labute approximate surface area is 109 Å². The largest absolute Gasteiger partial charge is 0.335 e. The molecule has 3 nitrogen and oxygen atoms in total. The Morgan fingerprint density at radius 1 is 1.22 bits per heavy atom. The van der Waals surface area contributed by atoms with Gasteiger partial charge in [-0.1, -0.05) is 49.7 Å². The molecule has 0 aromatic heterocycles. The quantitative estimate of drug-likeness (QED) is 0.418. The van der Waals surface area contributed by atoms with Crippen LogP contribution in [0.25, 0.3) is 0 Å². The molecule has 0 bridgehead atoms. The zero-order chi connectivity index (χ0) is 13.2. The molecule has 0 spiro atoms. The predicted molar refractivity (Wildman–Crippen MR) is 73.6 cm³/mol. The van der Waals surface area contributed by atoms with Crippen LogP contribution >= 0.6 is 0 Å². The first-order valence-electron chi connectivity index (χ1n) is 6.58. The summed E-state index contributed by atoms with van der Waals surface area (Å²) < 4.78 is 0. The number of benzene rings is 1. The topological polar surface area (TPSA) is 38.7 Å². The van der Waals surface area contributed by atoms with Crippen LogP contribution in [0.4, 0.5) is 0 Å². The van der Waals surface area contributed by atoms with E-state index in [2.05, 4.69) is 24.2 Å². The molecule has 0 amide bonds. The molecule has 0 saturated heterocycles. The summed E-state index contributed by atoms with van der Waals surface area (Å²) in [6.07, 6.45) is 6.28. The van der Waals surface area contributed by atoms with Crippen molar-refractivity contribution in [3.63, 3.8) is 0 Å². The first kappa shape index (κ1) is 14.4. The summed E-state index contributed by atoms with van der Waals surface area (Å²) >= 11 is 0. The van der Waals surface area contributed by atoms with Crippen molar-refractivity contribution < 1.29 is 9.63 Å². The van der Waals surface area contributed by atoms with Gasteiger partial charge in [0.25, 0.3) is 0 Å². The van der Waals surface area contributed by atoms with Gasteiger partial charge in [0.1, 0.15) is 0 Å². The highest BCUT2D eigenvalue weighted by molar-refractivity contribution is 5.80. The first-order valence-corrected chi connectivity index (χ1v) is 6.58. The van der Waals surface area contributed by atoms with Crippen molar-refractivity contribution in [3.8, 4) is 0 Å². The molecule has 0 aliphatic carbocycles. The van der Waals surface area contributed by atoms with E-state index in [1.165, 1.54) is 18.4 Å². The Morgan fingerprint density at radius 3 is 2.56 bits per heavy atom. The van der Waals surface area contributed by atoms with Gasteiger partial charge in [-0.05, 0) is 30.4 Å². The smallest absolute Gasteiger partial charge is 0.318 e. The summed E-state index contributed by atoms with van der Waals surface area (Å²) in [4.78, 5) is 15.8. The molecule has 0 aliphatic rings. The molecule has 0 atom stereocenters. The summed E-state index contributed by atoms with van der Waals surface area (Å²) in [7, 11) is 0. The fourth-order valence-electron chi connectivity index (χ4n) is 1.55. The Hall–Kier alpha value is -1.64. The summed E-state index contributed by atoms with van der Waals surface area (Å²) in [6.45, 7) is 4.12. The maximum absolute atomic E-state index is 11.1. The van der Waals surface area contributed by atoms with E-state index in [9.17, 15) is 4.79 Å². The van der Waals surface area contributed by atoms with Gasteiger partial charge in [-0.3, -0.25) is 0 Å². The van der Waals surface area contributed by atoms with Crippen LogP contribution < -0.4 is 0 Å². The first-order chi connectivity index (χ1) is 8.76. The highest BCUT2D eigenvalue weighted by Crippen LogP contribution is 2.06. The van der Waals surface area contributed by atoms with Crippen molar-refractivity contribution in [1.82, 2.24) is 0 Å². The lowest BCUT2D eigenvalue weighted by Crippen LogP contribution is -1.98. The number of rotatable bonds is 7. The van der Waals surface area contributed by atoms with Crippen molar-refractivity contribution in [2.24, 2.45) is 5.16 Å². The average molecular weight is 247 g/mol. The SMILES string of the molecule is CCCCc1ccc(/C=N/OC(=O)CCC)cc1. The molecule has 1 aromatic carbocycles. The number of unbranched alkanes of at least 4 members (excludes halogenated alkanes) is 1. The standard InChI is InChI=1S/C15H21NO2/c1-3-5-7-13-8-10-14(11-9-13)12-16-18-15(17)6-4-2/h8-12H,3-7H2,1-2H3/b16-12+. The van der Waals surface area contributed by atoms with Gasteiger partial charge in [-0.2, -0.15) is 0 Å². The second-order valence-corrected chi connectivity index (χ2v) is 4.29. The third-order valence-electron chi connectivity index (χ3n) is 2.61. The van der Waals surface area contributed by atoms with E-state index in [1.807, 2.05) is 19.1 Å². The van der Waals surface area contributed by atoms with Crippen molar-refractivity contribution in [2.75, 3.05) is 0 Å². The van der Waals surface area contributed by atoms with Crippen LogP contribution in [-0.2, 0) is 16.1 Å². The van der Waals surface area contributed by atoms with Crippen LogP contribution in [-0.4, -0.2) is 12.2 Å². The maximum atomic E-state index is 11.1. The Morgan fingerprint density at radius 2 is 1.94 bits per heavy atom. The summed E-state index contributed by atoms with van der Waals surface area (Å²) in [5, 5.41) is 3.68. The van der Waals surface area contributed by atoms with Crippen molar-refractivity contribution in [1.29, 1.82) is 0 Å². The molecule has 0 unspecified atom stereocenters. The number of hydrogen-bond acceptors (Lipinski definition) is 3. The average Bonchev–Trinajstić information content (AvgIpc) is 2.38. The number of nitrogens with zero attached hydrogens (tertiary/aromatic N) is 1. The second kappa shape index (κ2) is 8.45. The lowest BCUT2D eigenvalue weighted by Gasteiger charge is -2.00. The molecule has 0 aliphatic heterocycles. The monoisotopic (exact) mass is 247 g/mol. The van der Waals surface area contributed by atoms with Gasteiger partial charge in [0, 0.05) is 6.42 Å². The van der Waals surface area contributed by atoms with Crippen LogP contribution in [0.3, 0.4) is 0 Å². The van der Waals surface area contributed by atoms with Crippen LogP contribution in [0.5, 0.6) is 0 Å². The molecule has 0 radical (unpaired) electrons. The molecular formula is C15H21NO2. The van der Waals surface area contributed by atoms with Gasteiger partial charge < -0.3 is 4.84 Å². The van der Waals surface area contributed by atoms with Crippen molar-refractivity contribution in [3.05, 3.63) is 35.4 Å². The third-order valence-corrected chi connectivity index (χ3v) is 2.61. The summed E-state index contributed by atoms with van der Waals surface area (Å²) in [5.74, 6) is -0.284. The highest BCUT2D eigenvalue weighted by atomic mass is 16.7. The molecule has 0 N–H and O–H groups in total. The molecule has 1 rings (SSSR count). The molecular weight excluding hydrogens is 226 g/mol. The zero-order valence-electron chi connectivity index (χ0n) is 11.2. The summed E-state index contributed by atoms with van der Waals surface area (Å²) in [6, 6.07) is 8.15. The Bertz CT molecular complexity index is 382. The van der Waals surface area contributed by atoms with E-state index >= 15 is 0 Å². The highest BCUT2D eigenvalue weighted by Gasteiger charge is 1.98. The number of oxime groups is 1. The van der Waals surface area contributed by atoms with Crippen molar-refractivity contribution >= 4 is 12.2 Å². The number of carbonyl (C=O) groups is 1. The van der Waals surface area contributed by atoms with Gasteiger partial charge in [0.15, 0.2) is 0 Å². The number of aryl methyl sites for hydroxylation is 1. The molecule has 0 saturated carbocycles. The van der Waals surface area contributed by atoms with E-state index in [4.69, 9.17) is 4.84 Å². The zero-order valence-corrected chi connectivity index (χ0v) is 11.2. The van der Waals surface area contributed by atoms with E-state index in [0.29, 0.717) is 6.42 Å². The van der Waals surface area contributed by atoms with E-state index in [1.54, 1.807) is 6.21 Å². The molecule has 3 heteroatoms.